The maximum atomic E-state index is 12.1. The lowest BCUT2D eigenvalue weighted by Crippen LogP contribution is -2.32. The molecule has 1 aliphatic heterocycles. The van der Waals surface area contributed by atoms with E-state index in [9.17, 15) is 4.79 Å². The lowest BCUT2D eigenvalue weighted by Gasteiger charge is -2.22. The first-order valence-corrected chi connectivity index (χ1v) is 7.74. The molecule has 3 heterocycles. The number of pyridine rings is 1. The summed E-state index contributed by atoms with van der Waals surface area (Å²) in [5.41, 5.74) is 1.19. The molecule has 0 aromatic carbocycles. The van der Waals surface area contributed by atoms with Crippen LogP contribution < -0.4 is 10.6 Å². The van der Waals surface area contributed by atoms with E-state index in [0.29, 0.717) is 23.3 Å². The number of carbonyl (C=O) groups excluding carboxylic acids is 1. The summed E-state index contributed by atoms with van der Waals surface area (Å²) in [4.78, 5) is 16.3. The summed E-state index contributed by atoms with van der Waals surface area (Å²) in [6.45, 7) is 2.31. The molecule has 1 amide bonds. The molecule has 6 nitrogen and oxygen atoms in total. The fraction of sp³-hybridized carbons (Fsp3) is 0.400. The van der Waals surface area contributed by atoms with Crippen molar-refractivity contribution in [2.45, 2.75) is 25.4 Å². The molecule has 2 aromatic rings. The van der Waals surface area contributed by atoms with Crippen molar-refractivity contribution in [3.8, 4) is 0 Å². The van der Waals surface area contributed by atoms with E-state index in [2.05, 4.69) is 20.7 Å². The fourth-order valence-corrected chi connectivity index (χ4v) is 2.61. The zero-order valence-corrected chi connectivity index (χ0v) is 14.1. The maximum absolute atomic E-state index is 12.1. The molecule has 2 aromatic heterocycles. The quantitative estimate of drug-likeness (QED) is 0.881. The van der Waals surface area contributed by atoms with Crippen LogP contribution in [0.25, 0.3) is 0 Å². The molecule has 2 N–H and O–H groups in total. The second-order valence-corrected chi connectivity index (χ2v) is 5.77. The van der Waals surface area contributed by atoms with Gasteiger partial charge in [-0.3, -0.25) is 14.5 Å². The number of hydrogen-bond acceptors (Lipinski definition) is 4. The highest BCUT2D eigenvalue weighted by molar-refractivity contribution is 6.30. The molecule has 8 heteroatoms. The Morgan fingerprint density at radius 2 is 2.30 bits per heavy atom. The number of halogens is 2. The van der Waals surface area contributed by atoms with Gasteiger partial charge in [-0.15, -0.1) is 12.4 Å². The van der Waals surface area contributed by atoms with E-state index in [1.807, 2.05) is 10.9 Å². The molecule has 0 radical (unpaired) electrons. The van der Waals surface area contributed by atoms with Gasteiger partial charge in [0.2, 0.25) is 0 Å². The number of rotatable bonds is 4. The predicted molar refractivity (Wildman–Crippen MR) is 91.0 cm³/mol. The van der Waals surface area contributed by atoms with Crippen LogP contribution in [-0.2, 0) is 6.54 Å². The second-order valence-electron chi connectivity index (χ2n) is 5.33. The van der Waals surface area contributed by atoms with Gasteiger partial charge >= 0.3 is 0 Å². The highest BCUT2D eigenvalue weighted by Gasteiger charge is 2.17. The molecule has 1 saturated heterocycles. The highest BCUT2D eigenvalue weighted by atomic mass is 35.5. The Balaban J connectivity index is 0.00000192. The van der Waals surface area contributed by atoms with Crippen LogP contribution in [0, 0.1) is 0 Å². The van der Waals surface area contributed by atoms with Crippen molar-refractivity contribution < 1.29 is 4.79 Å². The van der Waals surface area contributed by atoms with E-state index in [-0.39, 0.29) is 18.3 Å². The Kier molecular flexibility index (Phi) is 6.38. The van der Waals surface area contributed by atoms with Crippen molar-refractivity contribution in [1.82, 2.24) is 25.4 Å². The van der Waals surface area contributed by atoms with Crippen LogP contribution in [0.15, 0.2) is 30.6 Å². The van der Waals surface area contributed by atoms with Gasteiger partial charge in [0.1, 0.15) is 5.69 Å². The third kappa shape index (κ3) is 4.67. The minimum absolute atomic E-state index is 0. The lowest BCUT2D eigenvalue weighted by molar-refractivity contribution is 0.0944. The topological polar surface area (TPSA) is 71.8 Å². The van der Waals surface area contributed by atoms with Crippen LogP contribution in [-0.4, -0.2) is 33.8 Å². The Morgan fingerprint density at radius 1 is 1.43 bits per heavy atom. The second kappa shape index (κ2) is 8.29. The average molecular weight is 356 g/mol. The van der Waals surface area contributed by atoms with E-state index in [4.69, 9.17) is 11.6 Å². The Hall–Kier alpha value is -1.63. The molecule has 3 rings (SSSR count). The first kappa shape index (κ1) is 17.7. The minimum Gasteiger partial charge on any atom is -0.345 e. The zero-order valence-electron chi connectivity index (χ0n) is 12.5. The van der Waals surface area contributed by atoms with Crippen LogP contribution in [0.5, 0.6) is 0 Å². The van der Waals surface area contributed by atoms with Crippen molar-refractivity contribution in [1.29, 1.82) is 0 Å². The van der Waals surface area contributed by atoms with Crippen molar-refractivity contribution >= 4 is 29.9 Å². The summed E-state index contributed by atoms with van der Waals surface area (Å²) < 4.78 is 1.88. The van der Waals surface area contributed by atoms with Crippen LogP contribution in [0.4, 0.5) is 0 Å². The van der Waals surface area contributed by atoms with E-state index < -0.39 is 0 Å². The Bertz CT molecular complexity index is 638. The summed E-state index contributed by atoms with van der Waals surface area (Å²) in [5, 5.41) is 11.1. The normalized spacial score (nSPS) is 17.3. The van der Waals surface area contributed by atoms with Crippen LogP contribution in [0.1, 0.15) is 35.1 Å². The SMILES string of the molecule is Cl.O=C(NCc1ccc(Cl)cn1)c1ccn(C2CCCNC2)n1. The van der Waals surface area contributed by atoms with Crippen molar-refractivity contribution in [3.05, 3.63) is 47.0 Å². The Labute approximate surface area is 146 Å². The molecule has 0 aliphatic carbocycles. The number of piperidine rings is 1. The minimum atomic E-state index is -0.195. The largest absolute Gasteiger partial charge is 0.345 e. The summed E-state index contributed by atoms with van der Waals surface area (Å²) in [7, 11) is 0. The van der Waals surface area contributed by atoms with Crippen LogP contribution in [0.3, 0.4) is 0 Å². The molecular formula is C15H19Cl2N5O. The number of aromatic nitrogens is 3. The van der Waals surface area contributed by atoms with Gasteiger partial charge in [0, 0.05) is 18.9 Å². The number of nitrogens with zero attached hydrogens (tertiary/aromatic N) is 3. The van der Waals surface area contributed by atoms with Gasteiger partial charge in [0.15, 0.2) is 0 Å². The molecule has 1 fully saturated rings. The molecule has 124 valence electrons. The van der Waals surface area contributed by atoms with Crippen molar-refractivity contribution in [3.63, 3.8) is 0 Å². The molecule has 0 spiro atoms. The van der Waals surface area contributed by atoms with Crippen LogP contribution >= 0.6 is 24.0 Å². The van der Waals surface area contributed by atoms with E-state index in [0.717, 1.165) is 31.6 Å². The molecule has 1 unspecified atom stereocenters. The van der Waals surface area contributed by atoms with Gasteiger partial charge in [-0.2, -0.15) is 5.10 Å². The smallest absolute Gasteiger partial charge is 0.272 e. The zero-order chi connectivity index (χ0) is 15.4. The fourth-order valence-electron chi connectivity index (χ4n) is 2.49. The van der Waals surface area contributed by atoms with Gasteiger partial charge in [0.25, 0.3) is 5.91 Å². The van der Waals surface area contributed by atoms with Gasteiger partial charge < -0.3 is 10.6 Å². The van der Waals surface area contributed by atoms with E-state index >= 15 is 0 Å². The summed E-state index contributed by atoms with van der Waals surface area (Å²) in [6.07, 6.45) is 5.65. The number of amides is 1. The van der Waals surface area contributed by atoms with Crippen molar-refractivity contribution in [2.24, 2.45) is 0 Å². The van der Waals surface area contributed by atoms with Crippen LogP contribution in [0.2, 0.25) is 5.02 Å². The molecule has 0 bridgehead atoms. The van der Waals surface area contributed by atoms with Gasteiger partial charge in [-0.05, 0) is 37.6 Å². The first-order chi connectivity index (χ1) is 10.7. The van der Waals surface area contributed by atoms with Gasteiger partial charge in [-0.1, -0.05) is 11.6 Å². The first-order valence-electron chi connectivity index (χ1n) is 7.37. The van der Waals surface area contributed by atoms with Crippen molar-refractivity contribution in [2.75, 3.05) is 13.1 Å². The summed E-state index contributed by atoms with van der Waals surface area (Å²) in [5.74, 6) is -0.195. The van der Waals surface area contributed by atoms with Gasteiger partial charge in [0.05, 0.1) is 23.3 Å². The number of hydrogen-bond donors (Lipinski definition) is 2. The number of carbonyl (C=O) groups is 1. The molecular weight excluding hydrogens is 337 g/mol. The highest BCUT2D eigenvalue weighted by Crippen LogP contribution is 2.15. The predicted octanol–water partition coefficient (Wildman–Crippen LogP) is 2.21. The van der Waals surface area contributed by atoms with Gasteiger partial charge in [-0.25, -0.2) is 0 Å². The van der Waals surface area contributed by atoms with E-state index in [1.165, 1.54) is 0 Å². The molecule has 0 saturated carbocycles. The van der Waals surface area contributed by atoms with E-state index in [1.54, 1.807) is 24.4 Å². The molecule has 23 heavy (non-hydrogen) atoms. The molecule has 1 aliphatic rings. The Morgan fingerprint density at radius 3 is 3.00 bits per heavy atom. The maximum Gasteiger partial charge on any atom is 0.272 e. The monoisotopic (exact) mass is 355 g/mol. The summed E-state index contributed by atoms with van der Waals surface area (Å²) in [6, 6.07) is 5.61. The number of nitrogens with one attached hydrogen (secondary N) is 2. The standard InChI is InChI=1S/C15H18ClN5O.ClH/c16-11-3-4-12(18-8-11)9-19-15(22)14-5-7-21(20-14)13-2-1-6-17-10-13;/h3-5,7-8,13,17H,1-2,6,9-10H2,(H,19,22);1H. The average Bonchev–Trinajstić information content (AvgIpc) is 3.05. The third-order valence-corrected chi connectivity index (χ3v) is 3.93. The molecule has 1 atom stereocenters. The third-order valence-electron chi connectivity index (χ3n) is 3.70. The summed E-state index contributed by atoms with van der Waals surface area (Å²) >= 11 is 5.78. The lowest BCUT2D eigenvalue weighted by atomic mass is 10.1.